The first-order valence-corrected chi connectivity index (χ1v) is 5.42. The van der Waals surface area contributed by atoms with Gasteiger partial charge in [-0.25, -0.2) is 0 Å². The van der Waals surface area contributed by atoms with Crippen molar-refractivity contribution in [3.8, 4) is 17.1 Å². The highest BCUT2D eigenvalue weighted by Crippen LogP contribution is 2.26. The highest BCUT2D eigenvalue weighted by molar-refractivity contribution is 5.82. The second kappa shape index (κ2) is 4.00. The summed E-state index contributed by atoms with van der Waals surface area (Å²) in [5.41, 5.74) is 0.725. The second-order valence-electron chi connectivity index (χ2n) is 3.88. The van der Waals surface area contributed by atoms with Gasteiger partial charge in [0.25, 0.3) is 0 Å². The van der Waals surface area contributed by atoms with E-state index in [4.69, 9.17) is 4.42 Å². The molecule has 1 N–H and O–H groups in total. The summed E-state index contributed by atoms with van der Waals surface area (Å²) in [6.07, 6.45) is 2.63. The second-order valence-corrected chi connectivity index (χ2v) is 3.88. The molecule has 0 radical (unpaired) electrons. The van der Waals surface area contributed by atoms with Gasteiger partial charge in [-0.1, -0.05) is 30.3 Å². The molecule has 2 heterocycles. The van der Waals surface area contributed by atoms with E-state index in [1.54, 1.807) is 0 Å². The lowest BCUT2D eigenvalue weighted by Crippen LogP contribution is -2.00. The van der Waals surface area contributed by atoms with Gasteiger partial charge in [0.05, 0.1) is 11.6 Å². The number of fused-ring (bicyclic) bond motifs is 1. The minimum atomic E-state index is -0.224. The Morgan fingerprint density at radius 3 is 2.67 bits per heavy atom. The SMILES string of the molecule is O=c1cc(-c2ccccc2)oc2c(O)cncc12. The molecule has 0 spiro atoms. The van der Waals surface area contributed by atoms with Crippen LogP contribution in [0.3, 0.4) is 0 Å². The van der Waals surface area contributed by atoms with Gasteiger partial charge < -0.3 is 9.52 Å². The molecule has 2 aromatic heterocycles. The fourth-order valence-electron chi connectivity index (χ4n) is 1.80. The normalized spacial score (nSPS) is 10.7. The third-order valence-electron chi connectivity index (χ3n) is 2.68. The lowest BCUT2D eigenvalue weighted by molar-refractivity contribution is 0.462. The van der Waals surface area contributed by atoms with Crippen molar-refractivity contribution in [2.45, 2.75) is 0 Å². The first-order chi connectivity index (χ1) is 8.75. The predicted molar refractivity (Wildman–Crippen MR) is 67.4 cm³/mol. The molecule has 88 valence electrons. The zero-order valence-corrected chi connectivity index (χ0v) is 9.33. The monoisotopic (exact) mass is 239 g/mol. The fraction of sp³-hybridized carbons (Fsp3) is 0. The summed E-state index contributed by atoms with van der Waals surface area (Å²) in [6.45, 7) is 0. The molecule has 0 bridgehead atoms. The van der Waals surface area contributed by atoms with E-state index in [-0.39, 0.29) is 22.1 Å². The maximum atomic E-state index is 11.9. The molecule has 0 amide bonds. The Balaban J connectivity index is 2.34. The Labute approximate surface area is 102 Å². The van der Waals surface area contributed by atoms with E-state index < -0.39 is 0 Å². The smallest absolute Gasteiger partial charge is 0.195 e. The van der Waals surface area contributed by atoms with Gasteiger partial charge in [-0.3, -0.25) is 9.78 Å². The number of hydrogen-bond acceptors (Lipinski definition) is 4. The van der Waals surface area contributed by atoms with Crippen LogP contribution in [0.4, 0.5) is 0 Å². The summed E-state index contributed by atoms with van der Waals surface area (Å²) in [7, 11) is 0. The molecular formula is C14H9NO3. The summed E-state index contributed by atoms with van der Waals surface area (Å²) in [5, 5.41) is 9.94. The molecule has 18 heavy (non-hydrogen) atoms. The zero-order valence-electron chi connectivity index (χ0n) is 9.33. The average Bonchev–Trinajstić information content (AvgIpc) is 2.41. The van der Waals surface area contributed by atoms with E-state index in [1.807, 2.05) is 30.3 Å². The van der Waals surface area contributed by atoms with Gasteiger partial charge in [0, 0.05) is 17.8 Å². The third-order valence-corrected chi connectivity index (χ3v) is 2.68. The molecule has 0 unspecified atom stereocenters. The van der Waals surface area contributed by atoms with Crippen molar-refractivity contribution < 1.29 is 9.52 Å². The molecule has 0 aliphatic heterocycles. The van der Waals surface area contributed by atoms with Crippen LogP contribution in [0, 0.1) is 0 Å². The van der Waals surface area contributed by atoms with E-state index in [0.717, 1.165) is 5.56 Å². The van der Waals surface area contributed by atoms with Crippen LogP contribution in [0.5, 0.6) is 5.75 Å². The summed E-state index contributed by atoms with van der Waals surface area (Å²) in [5.74, 6) is 0.289. The highest BCUT2D eigenvalue weighted by Gasteiger charge is 2.09. The molecule has 0 fully saturated rings. The number of benzene rings is 1. The van der Waals surface area contributed by atoms with Crippen LogP contribution in [0.15, 0.2) is 58.0 Å². The standard InChI is InChI=1S/C14H9NO3/c16-11-6-13(9-4-2-1-3-5-9)18-14-10(11)7-15-8-12(14)17/h1-8,17H. The van der Waals surface area contributed by atoms with Crippen LogP contribution in [0.2, 0.25) is 0 Å². The highest BCUT2D eigenvalue weighted by atomic mass is 16.4. The molecule has 0 aliphatic rings. The van der Waals surface area contributed by atoms with Crippen LogP contribution in [-0.4, -0.2) is 10.1 Å². The zero-order chi connectivity index (χ0) is 12.5. The summed E-state index contributed by atoms with van der Waals surface area (Å²) in [4.78, 5) is 15.7. The van der Waals surface area contributed by atoms with Gasteiger partial charge in [-0.2, -0.15) is 0 Å². The number of aromatic nitrogens is 1. The van der Waals surface area contributed by atoms with Crippen molar-refractivity contribution in [2.24, 2.45) is 0 Å². The van der Waals surface area contributed by atoms with Gasteiger partial charge in [0.2, 0.25) is 0 Å². The van der Waals surface area contributed by atoms with Gasteiger partial charge in [0.1, 0.15) is 5.76 Å². The van der Waals surface area contributed by atoms with E-state index in [2.05, 4.69) is 4.98 Å². The van der Waals surface area contributed by atoms with Crippen molar-refractivity contribution in [3.05, 3.63) is 59.0 Å². The minimum absolute atomic E-state index is 0.137. The quantitative estimate of drug-likeness (QED) is 0.708. The molecule has 1 aromatic carbocycles. The molecule has 0 atom stereocenters. The Hall–Kier alpha value is -2.62. The predicted octanol–water partition coefficient (Wildman–Crippen LogP) is 2.56. The van der Waals surface area contributed by atoms with E-state index in [9.17, 15) is 9.90 Å². The average molecular weight is 239 g/mol. The number of rotatable bonds is 1. The van der Waals surface area contributed by atoms with Gasteiger partial charge in [-0.05, 0) is 0 Å². The summed E-state index contributed by atoms with van der Waals surface area (Å²) < 4.78 is 5.57. The van der Waals surface area contributed by atoms with Crippen molar-refractivity contribution in [3.63, 3.8) is 0 Å². The topological polar surface area (TPSA) is 63.3 Å². The van der Waals surface area contributed by atoms with Crippen LogP contribution in [0.1, 0.15) is 0 Å². The number of hydrogen-bond donors (Lipinski definition) is 1. The number of pyridine rings is 1. The molecular weight excluding hydrogens is 230 g/mol. The molecule has 3 aromatic rings. The van der Waals surface area contributed by atoms with Crippen LogP contribution in [-0.2, 0) is 0 Å². The van der Waals surface area contributed by atoms with E-state index in [1.165, 1.54) is 18.5 Å². The summed E-state index contributed by atoms with van der Waals surface area (Å²) >= 11 is 0. The Bertz CT molecular complexity index is 763. The van der Waals surface area contributed by atoms with Crippen LogP contribution >= 0.6 is 0 Å². The van der Waals surface area contributed by atoms with Gasteiger partial charge in [0.15, 0.2) is 16.8 Å². The molecule has 0 saturated heterocycles. The van der Waals surface area contributed by atoms with Crippen molar-refractivity contribution >= 4 is 11.0 Å². The van der Waals surface area contributed by atoms with Crippen molar-refractivity contribution in [2.75, 3.05) is 0 Å². The number of nitrogens with zero attached hydrogens (tertiary/aromatic N) is 1. The fourth-order valence-corrected chi connectivity index (χ4v) is 1.80. The number of aromatic hydroxyl groups is 1. The largest absolute Gasteiger partial charge is 0.503 e. The first kappa shape index (κ1) is 10.5. The Morgan fingerprint density at radius 2 is 1.89 bits per heavy atom. The van der Waals surface area contributed by atoms with Gasteiger partial charge in [-0.15, -0.1) is 0 Å². The summed E-state index contributed by atoms with van der Waals surface area (Å²) in [6, 6.07) is 10.7. The molecule has 0 aliphatic carbocycles. The maximum absolute atomic E-state index is 11.9. The lowest BCUT2D eigenvalue weighted by Gasteiger charge is -2.03. The van der Waals surface area contributed by atoms with Crippen LogP contribution < -0.4 is 5.43 Å². The lowest BCUT2D eigenvalue weighted by atomic mass is 10.1. The Kier molecular flexibility index (Phi) is 2.34. The Morgan fingerprint density at radius 1 is 1.11 bits per heavy atom. The molecule has 4 heteroatoms. The van der Waals surface area contributed by atoms with Crippen LogP contribution in [0.25, 0.3) is 22.3 Å². The first-order valence-electron chi connectivity index (χ1n) is 5.42. The molecule has 3 rings (SSSR count). The van der Waals surface area contributed by atoms with Gasteiger partial charge >= 0.3 is 0 Å². The molecule has 0 saturated carbocycles. The minimum Gasteiger partial charge on any atom is -0.503 e. The van der Waals surface area contributed by atoms with E-state index >= 15 is 0 Å². The van der Waals surface area contributed by atoms with Crippen molar-refractivity contribution in [1.29, 1.82) is 0 Å². The third kappa shape index (κ3) is 1.64. The maximum Gasteiger partial charge on any atom is 0.195 e. The van der Waals surface area contributed by atoms with Crippen molar-refractivity contribution in [1.82, 2.24) is 4.98 Å². The van der Waals surface area contributed by atoms with E-state index in [0.29, 0.717) is 5.76 Å². The molecule has 4 nitrogen and oxygen atoms in total.